The van der Waals surface area contributed by atoms with Crippen LogP contribution in [0.4, 0.5) is 18.9 Å². The number of hydrogen-bond donors (Lipinski definition) is 1. The number of esters is 1. The monoisotopic (exact) mass is 333 g/mol. The minimum absolute atomic E-state index is 0.0314. The zero-order valence-electron chi connectivity index (χ0n) is 9.26. The molecule has 2 N–H and O–H groups in total. The van der Waals surface area contributed by atoms with Crippen LogP contribution in [-0.4, -0.2) is 23.8 Å². The van der Waals surface area contributed by atoms with Crippen LogP contribution in [0.2, 0.25) is 10.0 Å². The number of carbonyl (C=O) groups excluding carboxylic acids is 1. The van der Waals surface area contributed by atoms with Gasteiger partial charge in [-0.25, -0.2) is 4.79 Å². The van der Waals surface area contributed by atoms with E-state index in [0.717, 1.165) is 0 Å². The first-order valence-corrected chi connectivity index (χ1v) is 6.57. The van der Waals surface area contributed by atoms with Crippen LogP contribution in [0.1, 0.15) is 10.4 Å². The van der Waals surface area contributed by atoms with Crippen LogP contribution in [0.5, 0.6) is 0 Å². The first-order chi connectivity index (χ1) is 8.70. The van der Waals surface area contributed by atoms with Crippen LogP contribution in [0, 0.1) is 0 Å². The van der Waals surface area contributed by atoms with E-state index in [1.807, 2.05) is 0 Å². The van der Waals surface area contributed by atoms with Crippen molar-refractivity contribution in [2.24, 2.45) is 0 Å². The fraction of sp³-hybridized carbons (Fsp3) is 0.300. The molecule has 0 aliphatic rings. The lowest BCUT2D eigenvalue weighted by Crippen LogP contribution is -2.11. The normalized spacial score (nSPS) is 11.4. The van der Waals surface area contributed by atoms with Gasteiger partial charge in [-0.15, -0.1) is 0 Å². The minimum Gasteiger partial charge on any atom is -0.461 e. The molecule has 0 heterocycles. The molecule has 0 atom stereocenters. The average molecular weight is 334 g/mol. The summed E-state index contributed by atoms with van der Waals surface area (Å²) in [6, 6.07) is 2.48. The number of rotatable bonds is 4. The lowest BCUT2D eigenvalue weighted by molar-refractivity contribution is -0.0331. The SMILES string of the molecule is Nc1cc(C(=O)OCCSC(F)(F)F)cc(Cl)c1Cl. The molecule has 19 heavy (non-hydrogen) atoms. The van der Waals surface area contributed by atoms with Gasteiger partial charge in [0.2, 0.25) is 0 Å². The molecule has 0 bridgehead atoms. The maximum atomic E-state index is 11.8. The van der Waals surface area contributed by atoms with Crippen molar-refractivity contribution in [1.82, 2.24) is 0 Å². The second-order valence-corrected chi connectivity index (χ2v) is 5.24. The molecule has 0 aliphatic heterocycles. The Labute approximate surface area is 121 Å². The number of anilines is 1. The van der Waals surface area contributed by atoms with Gasteiger partial charge in [0, 0.05) is 5.75 Å². The van der Waals surface area contributed by atoms with Crippen molar-refractivity contribution in [3.05, 3.63) is 27.7 Å². The number of benzene rings is 1. The molecular formula is C10H8Cl2F3NO2S. The van der Waals surface area contributed by atoms with Crippen molar-refractivity contribution in [2.45, 2.75) is 5.51 Å². The summed E-state index contributed by atoms with van der Waals surface area (Å²) in [7, 11) is 0. The third-order valence-electron chi connectivity index (χ3n) is 1.87. The van der Waals surface area contributed by atoms with E-state index < -0.39 is 11.5 Å². The van der Waals surface area contributed by atoms with Crippen LogP contribution in [0.15, 0.2) is 12.1 Å². The van der Waals surface area contributed by atoms with E-state index in [1.54, 1.807) is 0 Å². The topological polar surface area (TPSA) is 52.3 Å². The van der Waals surface area contributed by atoms with E-state index in [2.05, 4.69) is 4.74 Å². The number of ether oxygens (including phenoxy) is 1. The Hall–Kier alpha value is -0.790. The molecule has 0 saturated heterocycles. The zero-order valence-corrected chi connectivity index (χ0v) is 11.6. The molecule has 0 amide bonds. The summed E-state index contributed by atoms with van der Waals surface area (Å²) >= 11 is 11.1. The molecule has 0 aromatic heterocycles. The number of nitrogens with two attached hydrogens (primary N) is 1. The molecule has 0 unspecified atom stereocenters. The quantitative estimate of drug-likeness (QED) is 0.514. The molecule has 1 aromatic rings. The van der Waals surface area contributed by atoms with Gasteiger partial charge in [-0.3, -0.25) is 0 Å². The predicted molar refractivity (Wildman–Crippen MR) is 69.7 cm³/mol. The number of hydrogen-bond acceptors (Lipinski definition) is 4. The van der Waals surface area contributed by atoms with Gasteiger partial charge in [-0.2, -0.15) is 13.2 Å². The second kappa shape index (κ2) is 6.58. The molecule has 0 aliphatic carbocycles. The molecule has 1 rings (SSSR count). The van der Waals surface area contributed by atoms with Gasteiger partial charge in [0.05, 0.1) is 21.3 Å². The molecular weight excluding hydrogens is 326 g/mol. The number of thioether (sulfide) groups is 1. The van der Waals surface area contributed by atoms with Gasteiger partial charge in [0.15, 0.2) is 0 Å². The molecule has 0 spiro atoms. The van der Waals surface area contributed by atoms with E-state index in [0.29, 0.717) is 0 Å². The standard InChI is InChI=1S/C10H8Cl2F3NO2S/c11-6-3-5(4-7(16)8(6)12)9(17)18-1-2-19-10(13,14)15/h3-4H,1-2,16H2. The maximum absolute atomic E-state index is 11.8. The molecule has 0 fully saturated rings. The second-order valence-electron chi connectivity index (χ2n) is 3.29. The highest BCUT2D eigenvalue weighted by atomic mass is 35.5. The highest BCUT2D eigenvalue weighted by molar-refractivity contribution is 8.00. The third-order valence-corrected chi connectivity index (χ3v) is 3.39. The largest absolute Gasteiger partial charge is 0.461 e. The van der Waals surface area contributed by atoms with Gasteiger partial charge in [0.1, 0.15) is 6.61 Å². The van der Waals surface area contributed by atoms with E-state index in [1.165, 1.54) is 12.1 Å². The number of nitrogen functional groups attached to an aromatic ring is 1. The van der Waals surface area contributed by atoms with Crippen molar-refractivity contribution in [2.75, 3.05) is 18.1 Å². The summed E-state index contributed by atoms with van der Waals surface area (Å²) < 4.78 is 40.1. The number of halogens is 5. The fourth-order valence-electron chi connectivity index (χ4n) is 1.10. The molecule has 1 aromatic carbocycles. The smallest absolute Gasteiger partial charge is 0.441 e. The van der Waals surface area contributed by atoms with Crippen molar-refractivity contribution in [3.8, 4) is 0 Å². The van der Waals surface area contributed by atoms with Gasteiger partial charge in [-0.05, 0) is 23.9 Å². The van der Waals surface area contributed by atoms with E-state index in [9.17, 15) is 18.0 Å². The fourth-order valence-corrected chi connectivity index (χ4v) is 1.84. The molecule has 3 nitrogen and oxygen atoms in total. The third kappa shape index (κ3) is 5.38. The van der Waals surface area contributed by atoms with Gasteiger partial charge < -0.3 is 10.5 Å². The molecule has 9 heteroatoms. The van der Waals surface area contributed by atoms with Crippen LogP contribution in [0.25, 0.3) is 0 Å². The Morgan fingerprint density at radius 3 is 2.53 bits per heavy atom. The van der Waals surface area contributed by atoms with Gasteiger partial charge >= 0.3 is 11.5 Å². The highest BCUT2D eigenvalue weighted by Gasteiger charge is 2.27. The number of alkyl halides is 3. The Morgan fingerprint density at radius 1 is 1.37 bits per heavy atom. The minimum atomic E-state index is -4.35. The summed E-state index contributed by atoms with van der Waals surface area (Å²) in [5.41, 5.74) is 1.27. The molecule has 0 radical (unpaired) electrons. The summed E-state index contributed by atoms with van der Waals surface area (Å²) in [5, 5.41) is 0.170. The average Bonchev–Trinajstić information content (AvgIpc) is 2.29. The van der Waals surface area contributed by atoms with Crippen molar-refractivity contribution in [1.29, 1.82) is 0 Å². The lowest BCUT2D eigenvalue weighted by atomic mass is 10.2. The van der Waals surface area contributed by atoms with Crippen molar-refractivity contribution < 1.29 is 22.7 Å². The van der Waals surface area contributed by atoms with Crippen LogP contribution in [0.3, 0.4) is 0 Å². The van der Waals surface area contributed by atoms with Crippen LogP contribution >= 0.6 is 35.0 Å². The Balaban J connectivity index is 2.55. The van der Waals surface area contributed by atoms with E-state index in [4.69, 9.17) is 28.9 Å². The predicted octanol–water partition coefficient (Wildman–Crippen LogP) is 3.99. The van der Waals surface area contributed by atoms with Gasteiger partial charge in [0.25, 0.3) is 0 Å². The highest BCUT2D eigenvalue weighted by Crippen LogP contribution is 2.31. The molecule has 106 valence electrons. The van der Waals surface area contributed by atoms with Crippen LogP contribution < -0.4 is 5.73 Å². The van der Waals surface area contributed by atoms with Gasteiger partial charge in [-0.1, -0.05) is 23.2 Å². The maximum Gasteiger partial charge on any atom is 0.441 e. The Bertz CT molecular complexity index is 459. The zero-order chi connectivity index (χ0) is 14.6. The van der Waals surface area contributed by atoms with E-state index in [-0.39, 0.29) is 45.4 Å². The first kappa shape index (κ1) is 16.3. The van der Waals surface area contributed by atoms with Crippen LogP contribution in [-0.2, 0) is 4.74 Å². The first-order valence-electron chi connectivity index (χ1n) is 4.83. The Kier molecular flexibility index (Phi) is 5.64. The van der Waals surface area contributed by atoms with Crippen molar-refractivity contribution >= 4 is 46.6 Å². The van der Waals surface area contributed by atoms with E-state index >= 15 is 0 Å². The summed E-state index contributed by atoms with van der Waals surface area (Å²) in [6.45, 7) is -0.372. The molecule has 0 saturated carbocycles. The summed E-state index contributed by atoms with van der Waals surface area (Å²) in [5.74, 6) is -1.19. The summed E-state index contributed by atoms with van der Waals surface area (Å²) in [4.78, 5) is 11.5. The number of carbonyl (C=O) groups is 1. The lowest BCUT2D eigenvalue weighted by Gasteiger charge is -2.08. The van der Waals surface area contributed by atoms with Crippen molar-refractivity contribution in [3.63, 3.8) is 0 Å². The Morgan fingerprint density at radius 2 is 2.00 bits per heavy atom. The summed E-state index contributed by atoms with van der Waals surface area (Å²) in [6.07, 6.45) is 0.